The molecule has 1 N–H and O–H groups in total. The molecule has 25 heavy (non-hydrogen) atoms. The quantitative estimate of drug-likeness (QED) is 0.615. The highest BCUT2D eigenvalue weighted by Gasteiger charge is 2.36. The van der Waals surface area contributed by atoms with Gasteiger partial charge in [0, 0.05) is 24.9 Å². The van der Waals surface area contributed by atoms with Gasteiger partial charge >= 0.3 is 13.8 Å². The van der Waals surface area contributed by atoms with E-state index in [-0.39, 0.29) is 5.69 Å². The van der Waals surface area contributed by atoms with Crippen molar-refractivity contribution in [2.45, 2.75) is 12.0 Å². The maximum Gasteiger partial charge on any atom is 0.416 e. The average molecular weight is 394 g/mol. The van der Waals surface area contributed by atoms with Crippen LogP contribution in [0.3, 0.4) is 0 Å². The lowest BCUT2D eigenvalue weighted by molar-refractivity contribution is -0.137. The molecule has 2 rings (SSSR count). The van der Waals surface area contributed by atoms with Crippen molar-refractivity contribution in [1.82, 2.24) is 0 Å². The third kappa shape index (κ3) is 4.76. The Kier molecular flexibility index (Phi) is 6.16. The molecule has 0 saturated carbocycles. The normalized spacial score (nSPS) is 13.5. The Morgan fingerprint density at radius 3 is 2.20 bits per heavy atom. The molecule has 1 unspecified atom stereocenters. The van der Waals surface area contributed by atoms with E-state index < -0.39 is 25.1 Å². The minimum atomic E-state index is -4.49. The van der Waals surface area contributed by atoms with Crippen LogP contribution in [0.1, 0.15) is 16.9 Å². The predicted octanol–water partition coefficient (Wildman–Crippen LogP) is 5.96. The van der Waals surface area contributed by atoms with Crippen molar-refractivity contribution in [2.24, 2.45) is 0 Å². The fourth-order valence-corrected chi connectivity index (χ4v) is 3.76. The molecule has 1 atom stereocenters. The van der Waals surface area contributed by atoms with Crippen LogP contribution in [0, 0.1) is 0 Å². The molecule has 0 saturated heterocycles. The van der Waals surface area contributed by atoms with Gasteiger partial charge in [-0.25, -0.2) is 0 Å². The zero-order chi connectivity index (χ0) is 18.7. The van der Waals surface area contributed by atoms with Crippen LogP contribution in [0.4, 0.5) is 18.9 Å². The van der Waals surface area contributed by atoms with Gasteiger partial charge in [0.2, 0.25) is 0 Å². The fourth-order valence-electron chi connectivity index (χ4n) is 2.22. The zero-order valence-corrected chi connectivity index (χ0v) is 15.0. The number of rotatable bonds is 6. The molecule has 0 amide bonds. The third-order valence-corrected chi connectivity index (χ3v) is 5.83. The molecule has 0 fully saturated rings. The lowest BCUT2D eigenvalue weighted by Gasteiger charge is -2.26. The van der Waals surface area contributed by atoms with Crippen LogP contribution in [0.5, 0.6) is 0 Å². The van der Waals surface area contributed by atoms with E-state index in [4.69, 9.17) is 20.6 Å². The summed E-state index contributed by atoms with van der Waals surface area (Å²) >= 11 is 5.85. The summed E-state index contributed by atoms with van der Waals surface area (Å²) in [5.74, 6) is -1.01. The van der Waals surface area contributed by atoms with E-state index in [1.807, 2.05) is 0 Å². The van der Waals surface area contributed by atoms with E-state index in [1.54, 1.807) is 24.3 Å². The van der Waals surface area contributed by atoms with Gasteiger partial charge in [0.15, 0.2) is 5.78 Å². The van der Waals surface area contributed by atoms with Gasteiger partial charge in [0.05, 0.1) is 5.56 Å². The Balaban J connectivity index is 2.44. The van der Waals surface area contributed by atoms with Crippen LogP contribution in [-0.4, -0.2) is 14.2 Å². The molecule has 0 radical (unpaired) electrons. The Labute approximate surface area is 148 Å². The molecule has 0 aliphatic heterocycles. The van der Waals surface area contributed by atoms with Gasteiger partial charge < -0.3 is 14.4 Å². The minimum absolute atomic E-state index is 0.129. The lowest BCUT2D eigenvalue weighted by atomic mass is 10.1. The topological polar surface area (TPSA) is 47.6 Å². The molecule has 2 aromatic carbocycles. The average Bonchev–Trinajstić information content (AvgIpc) is 2.59. The summed E-state index contributed by atoms with van der Waals surface area (Å²) in [6.07, 6.45) is -4.49. The van der Waals surface area contributed by atoms with Crippen molar-refractivity contribution in [3.05, 3.63) is 64.7 Å². The number of hydrogen-bond acceptors (Lipinski definition) is 4. The van der Waals surface area contributed by atoms with E-state index in [1.165, 1.54) is 26.4 Å². The summed E-state index contributed by atoms with van der Waals surface area (Å²) in [4.78, 5) is 0. The summed E-state index contributed by atoms with van der Waals surface area (Å²) in [5.41, 5.74) is -0.199. The Morgan fingerprint density at radius 1 is 1.08 bits per heavy atom. The predicted molar refractivity (Wildman–Crippen MR) is 90.9 cm³/mol. The number of nitrogens with one attached hydrogen (secondary N) is 1. The van der Waals surface area contributed by atoms with Crippen molar-refractivity contribution >= 4 is 24.9 Å². The van der Waals surface area contributed by atoms with Crippen molar-refractivity contribution in [2.75, 3.05) is 19.5 Å². The minimum Gasteiger partial charge on any atom is -0.368 e. The molecular weight excluding hydrogens is 378 g/mol. The van der Waals surface area contributed by atoms with Crippen molar-refractivity contribution in [3.8, 4) is 0 Å². The summed E-state index contributed by atoms with van der Waals surface area (Å²) in [7, 11) is -1.27. The fraction of sp³-hybridized carbons (Fsp3) is 0.250. The SMILES string of the molecule is COP(=O)(OC)C(Nc1cccc(C(F)(F)F)c1)c1ccc(Cl)cc1. The monoisotopic (exact) mass is 393 g/mol. The molecule has 0 aromatic heterocycles. The number of hydrogen-bond donors (Lipinski definition) is 1. The van der Waals surface area contributed by atoms with E-state index in [9.17, 15) is 17.7 Å². The Morgan fingerprint density at radius 2 is 1.68 bits per heavy atom. The second-order valence-corrected chi connectivity index (χ2v) is 7.84. The maximum absolute atomic E-state index is 12.9. The second-order valence-electron chi connectivity index (χ2n) is 5.08. The molecule has 0 spiro atoms. The van der Waals surface area contributed by atoms with Crippen molar-refractivity contribution < 1.29 is 26.8 Å². The van der Waals surface area contributed by atoms with Gasteiger partial charge in [-0.2, -0.15) is 13.2 Å². The lowest BCUT2D eigenvalue weighted by Crippen LogP contribution is -2.14. The van der Waals surface area contributed by atoms with Gasteiger partial charge in [-0.05, 0) is 35.9 Å². The van der Waals surface area contributed by atoms with Crippen molar-refractivity contribution in [3.63, 3.8) is 0 Å². The molecule has 136 valence electrons. The summed E-state index contributed by atoms with van der Waals surface area (Å²) in [6, 6.07) is 10.9. The first-order chi connectivity index (χ1) is 11.7. The number of anilines is 1. The Hall–Kier alpha value is -1.53. The van der Waals surface area contributed by atoms with E-state index in [2.05, 4.69) is 5.32 Å². The first kappa shape index (κ1) is 19.8. The van der Waals surface area contributed by atoms with Gasteiger partial charge in [-0.15, -0.1) is 0 Å². The van der Waals surface area contributed by atoms with E-state index >= 15 is 0 Å². The van der Waals surface area contributed by atoms with Crippen LogP contribution >= 0.6 is 19.2 Å². The van der Waals surface area contributed by atoms with E-state index in [0.717, 1.165) is 12.1 Å². The van der Waals surface area contributed by atoms with Crippen LogP contribution in [-0.2, 0) is 19.8 Å². The smallest absolute Gasteiger partial charge is 0.368 e. The number of alkyl halides is 3. The summed E-state index contributed by atoms with van der Waals surface area (Å²) in [6.45, 7) is 0. The molecule has 4 nitrogen and oxygen atoms in total. The molecular formula is C16H16ClF3NO3P. The highest BCUT2D eigenvalue weighted by atomic mass is 35.5. The molecule has 0 heterocycles. The van der Waals surface area contributed by atoms with Gasteiger partial charge in [0.25, 0.3) is 0 Å². The third-order valence-electron chi connectivity index (χ3n) is 3.50. The number of halogens is 4. The maximum atomic E-state index is 12.9. The van der Waals surface area contributed by atoms with Crippen LogP contribution < -0.4 is 5.32 Å². The van der Waals surface area contributed by atoms with Gasteiger partial charge in [-0.3, -0.25) is 4.57 Å². The standard InChI is InChI=1S/C16H16ClF3NO3P/c1-23-25(22,24-2)15(11-6-8-13(17)9-7-11)21-14-5-3-4-12(10-14)16(18,19)20/h3-10,15,21H,1-2H3. The first-order valence-corrected chi connectivity index (χ1v) is 9.09. The van der Waals surface area contributed by atoms with Crippen LogP contribution in [0.25, 0.3) is 0 Å². The highest BCUT2D eigenvalue weighted by molar-refractivity contribution is 7.54. The van der Waals surface area contributed by atoms with E-state index in [0.29, 0.717) is 10.6 Å². The van der Waals surface area contributed by atoms with Crippen molar-refractivity contribution in [1.29, 1.82) is 0 Å². The van der Waals surface area contributed by atoms with Crippen LogP contribution in [0.15, 0.2) is 48.5 Å². The Bertz CT molecular complexity index is 760. The first-order valence-electron chi connectivity index (χ1n) is 7.10. The molecule has 0 aliphatic rings. The second kappa shape index (κ2) is 7.79. The molecule has 2 aromatic rings. The largest absolute Gasteiger partial charge is 0.416 e. The summed E-state index contributed by atoms with van der Waals surface area (Å²) in [5, 5.41) is 3.28. The zero-order valence-electron chi connectivity index (χ0n) is 13.4. The van der Waals surface area contributed by atoms with Gasteiger partial charge in [-0.1, -0.05) is 29.8 Å². The molecule has 9 heteroatoms. The summed E-state index contributed by atoms with van der Waals surface area (Å²) < 4.78 is 61.6. The number of benzene rings is 2. The van der Waals surface area contributed by atoms with Crippen LogP contribution in [0.2, 0.25) is 5.02 Å². The molecule has 0 aliphatic carbocycles. The highest BCUT2D eigenvalue weighted by Crippen LogP contribution is 2.59. The molecule has 0 bridgehead atoms. The van der Waals surface area contributed by atoms with Gasteiger partial charge in [0.1, 0.15) is 0 Å².